The number of amides is 2. The van der Waals surface area contributed by atoms with Crippen molar-refractivity contribution in [3.8, 4) is 17.2 Å². The van der Waals surface area contributed by atoms with Crippen LogP contribution in [0.1, 0.15) is 54.8 Å². The molecule has 0 aliphatic heterocycles. The maximum absolute atomic E-state index is 13.0. The highest BCUT2D eigenvalue weighted by molar-refractivity contribution is 6.09. The number of rotatable bonds is 11. The molecule has 2 rings (SSSR count). The molecule has 0 aliphatic rings. The Morgan fingerprint density at radius 2 is 1.43 bits per heavy atom. The molecule has 2 amide bonds. The lowest BCUT2D eigenvalue weighted by molar-refractivity contribution is 0.0954. The highest BCUT2D eigenvalue weighted by Gasteiger charge is 2.20. The molecule has 0 radical (unpaired) electrons. The zero-order valence-electron chi connectivity index (χ0n) is 18.0. The zero-order chi connectivity index (χ0) is 21.9. The van der Waals surface area contributed by atoms with Crippen LogP contribution in [0.25, 0.3) is 0 Å². The van der Waals surface area contributed by atoms with Gasteiger partial charge in [-0.15, -0.1) is 0 Å². The Morgan fingerprint density at radius 3 is 2.00 bits per heavy atom. The Bertz CT molecular complexity index is 839. The first-order chi connectivity index (χ1) is 14.5. The number of para-hydroxylation sites is 1. The molecule has 2 N–H and O–H groups in total. The lowest BCUT2D eigenvalue weighted by Gasteiger charge is -2.17. The van der Waals surface area contributed by atoms with Gasteiger partial charge in [0.25, 0.3) is 11.8 Å². The van der Waals surface area contributed by atoms with E-state index in [4.69, 9.17) is 14.2 Å². The fraction of sp³-hybridized carbons (Fsp3) is 0.391. The van der Waals surface area contributed by atoms with Gasteiger partial charge in [0, 0.05) is 12.1 Å². The van der Waals surface area contributed by atoms with Crippen molar-refractivity contribution in [2.45, 2.75) is 34.1 Å². The molecular weight excluding hydrogens is 384 g/mol. The second-order valence-corrected chi connectivity index (χ2v) is 6.36. The van der Waals surface area contributed by atoms with E-state index in [0.29, 0.717) is 60.4 Å². The SMILES string of the molecule is CCCNC(=O)c1ccccc1NC(=O)c1cc(OCC)c(OCC)c(OCC)c1. The van der Waals surface area contributed by atoms with Gasteiger partial charge in [-0.3, -0.25) is 9.59 Å². The van der Waals surface area contributed by atoms with Crippen molar-refractivity contribution >= 4 is 17.5 Å². The molecule has 2 aromatic rings. The Labute approximate surface area is 177 Å². The van der Waals surface area contributed by atoms with E-state index in [2.05, 4.69) is 10.6 Å². The summed E-state index contributed by atoms with van der Waals surface area (Å²) in [4.78, 5) is 25.4. The van der Waals surface area contributed by atoms with Crippen LogP contribution in [-0.2, 0) is 0 Å². The van der Waals surface area contributed by atoms with Crippen LogP contribution in [0.2, 0.25) is 0 Å². The van der Waals surface area contributed by atoms with Crippen LogP contribution in [-0.4, -0.2) is 38.2 Å². The van der Waals surface area contributed by atoms with Crippen molar-refractivity contribution < 1.29 is 23.8 Å². The number of carbonyl (C=O) groups excluding carboxylic acids is 2. The van der Waals surface area contributed by atoms with Crippen LogP contribution in [0.4, 0.5) is 5.69 Å². The molecular formula is C23H30N2O5. The average molecular weight is 415 g/mol. The number of benzene rings is 2. The van der Waals surface area contributed by atoms with Gasteiger partial charge < -0.3 is 24.8 Å². The summed E-state index contributed by atoms with van der Waals surface area (Å²) in [7, 11) is 0. The predicted molar refractivity (Wildman–Crippen MR) is 117 cm³/mol. The normalized spacial score (nSPS) is 10.3. The number of carbonyl (C=O) groups is 2. The van der Waals surface area contributed by atoms with Gasteiger partial charge in [-0.05, 0) is 51.5 Å². The van der Waals surface area contributed by atoms with Gasteiger partial charge in [0.2, 0.25) is 5.75 Å². The van der Waals surface area contributed by atoms with Crippen LogP contribution >= 0.6 is 0 Å². The van der Waals surface area contributed by atoms with Crippen molar-refractivity contribution in [3.05, 3.63) is 47.5 Å². The van der Waals surface area contributed by atoms with E-state index >= 15 is 0 Å². The average Bonchev–Trinajstić information content (AvgIpc) is 2.74. The minimum absolute atomic E-state index is 0.232. The lowest BCUT2D eigenvalue weighted by atomic mass is 10.1. The summed E-state index contributed by atoms with van der Waals surface area (Å²) < 4.78 is 17.0. The zero-order valence-corrected chi connectivity index (χ0v) is 18.0. The smallest absolute Gasteiger partial charge is 0.255 e. The number of hydrogen-bond acceptors (Lipinski definition) is 5. The molecule has 7 nitrogen and oxygen atoms in total. The third-order valence-corrected chi connectivity index (χ3v) is 4.13. The highest BCUT2D eigenvalue weighted by atomic mass is 16.5. The monoisotopic (exact) mass is 414 g/mol. The van der Waals surface area contributed by atoms with Gasteiger partial charge in [-0.25, -0.2) is 0 Å². The molecule has 162 valence electrons. The van der Waals surface area contributed by atoms with Gasteiger partial charge >= 0.3 is 0 Å². The van der Waals surface area contributed by atoms with Crippen LogP contribution in [0.15, 0.2) is 36.4 Å². The van der Waals surface area contributed by atoms with E-state index in [1.807, 2.05) is 27.7 Å². The van der Waals surface area contributed by atoms with E-state index in [0.717, 1.165) is 6.42 Å². The number of nitrogens with one attached hydrogen (secondary N) is 2. The molecule has 2 aromatic carbocycles. The van der Waals surface area contributed by atoms with E-state index < -0.39 is 0 Å². The first kappa shape index (κ1) is 23.1. The summed E-state index contributed by atoms with van der Waals surface area (Å²) in [6, 6.07) is 10.1. The molecule has 0 spiro atoms. The molecule has 0 saturated heterocycles. The minimum atomic E-state index is -0.379. The van der Waals surface area contributed by atoms with E-state index in [-0.39, 0.29) is 11.8 Å². The second kappa shape index (κ2) is 11.7. The van der Waals surface area contributed by atoms with Crippen LogP contribution < -0.4 is 24.8 Å². The number of hydrogen-bond donors (Lipinski definition) is 2. The topological polar surface area (TPSA) is 85.9 Å². The van der Waals surface area contributed by atoms with E-state index in [9.17, 15) is 9.59 Å². The van der Waals surface area contributed by atoms with Crippen molar-refractivity contribution in [2.24, 2.45) is 0 Å². The van der Waals surface area contributed by atoms with Crippen molar-refractivity contribution in [2.75, 3.05) is 31.7 Å². The molecule has 0 atom stereocenters. The molecule has 0 aliphatic carbocycles. The summed E-state index contributed by atoms with van der Waals surface area (Å²) in [5.74, 6) is 0.728. The van der Waals surface area contributed by atoms with E-state index in [1.165, 1.54) is 0 Å². The summed E-state index contributed by atoms with van der Waals surface area (Å²) in [5, 5.41) is 5.65. The van der Waals surface area contributed by atoms with Crippen LogP contribution in [0, 0.1) is 0 Å². The Morgan fingerprint density at radius 1 is 0.833 bits per heavy atom. The molecule has 0 saturated carbocycles. The first-order valence-corrected chi connectivity index (χ1v) is 10.3. The lowest BCUT2D eigenvalue weighted by Crippen LogP contribution is -2.25. The fourth-order valence-corrected chi connectivity index (χ4v) is 2.84. The summed E-state index contributed by atoms with van der Waals surface area (Å²) in [6.45, 7) is 9.38. The third kappa shape index (κ3) is 5.89. The molecule has 30 heavy (non-hydrogen) atoms. The van der Waals surface area contributed by atoms with Crippen molar-refractivity contribution in [1.82, 2.24) is 5.32 Å². The molecule has 0 unspecified atom stereocenters. The maximum atomic E-state index is 13.0. The Hall–Kier alpha value is -3.22. The first-order valence-electron chi connectivity index (χ1n) is 10.3. The minimum Gasteiger partial charge on any atom is -0.490 e. The maximum Gasteiger partial charge on any atom is 0.255 e. The number of anilines is 1. The van der Waals surface area contributed by atoms with Crippen molar-refractivity contribution in [3.63, 3.8) is 0 Å². The fourth-order valence-electron chi connectivity index (χ4n) is 2.84. The van der Waals surface area contributed by atoms with E-state index in [1.54, 1.807) is 36.4 Å². The predicted octanol–water partition coefficient (Wildman–Crippen LogP) is 4.27. The van der Waals surface area contributed by atoms with Gasteiger partial charge in [0.15, 0.2) is 11.5 Å². The molecule has 0 fully saturated rings. The van der Waals surface area contributed by atoms with Gasteiger partial charge in [0.05, 0.1) is 31.1 Å². The summed E-state index contributed by atoms with van der Waals surface area (Å²) in [6.07, 6.45) is 0.826. The van der Waals surface area contributed by atoms with Gasteiger partial charge in [-0.2, -0.15) is 0 Å². The molecule has 7 heteroatoms. The summed E-state index contributed by atoms with van der Waals surface area (Å²) >= 11 is 0. The highest BCUT2D eigenvalue weighted by Crippen LogP contribution is 2.39. The molecule has 0 bridgehead atoms. The molecule has 0 aromatic heterocycles. The standard InChI is InChI=1S/C23H30N2O5/c1-5-13-24-23(27)17-11-9-10-12-18(17)25-22(26)16-14-19(28-6-2)21(30-8-4)20(15-16)29-7-3/h9-12,14-15H,5-8,13H2,1-4H3,(H,24,27)(H,25,26). The quantitative estimate of drug-likeness (QED) is 0.573. The van der Waals surface area contributed by atoms with Gasteiger partial charge in [0.1, 0.15) is 0 Å². The molecule has 0 heterocycles. The van der Waals surface area contributed by atoms with Crippen molar-refractivity contribution in [1.29, 1.82) is 0 Å². The number of ether oxygens (including phenoxy) is 3. The third-order valence-electron chi connectivity index (χ3n) is 4.13. The largest absolute Gasteiger partial charge is 0.490 e. The van der Waals surface area contributed by atoms with Gasteiger partial charge in [-0.1, -0.05) is 19.1 Å². The summed E-state index contributed by atoms with van der Waals surface area (Å²) in [5.41, 5.74) is 1.18. The Kier molecular flexibility index (Phi) is 9.00. The van der Waals surface area contributed by atoms with Crippen LogP contribution in [0.5, 0.6) is 17.2 Å². The van der Waals surface area contributed by atoms with Crippen LogP contribution in [0.3, 0.4) is 0 Å². The second-order valence-electron chi connectivity index (χ2n) is 6.36. The Balaban J connectivity index is 2.36.